The smallest absolute Gasteiger partial charge is 0.0529 e. The molecule has 134 valence electrons. The van der Waals surface area contributed by atoms with Gasteiger partial charge in [0.2, 0.25) is 0 Å². The number of hydrogen-bond acceptors (Lipinski definition) is 3. The van der Waals surface area contributed by atoms with Gasteiger partial charge in [-0.1, -0.05) is 60.2 Å². The fourth-order valence-corrected chi connectivity index (χ4v) is 4.29. The van der Waals surface area contributed by atoms with Crippen LogP contribution in [0.15, 0.2) is 60.7 Å². The van der Waals surface area contributed by atoms with E-state index < -0.39 is 0 Å². The monoisotopic (exact) mass is 365 g/mol. The van der Waals surface area contributed by atoms with E-state index in [0.717, 1.165) is 43.2 Å². The highest BCUT2D eigenvalue weighted by atomic mass is 35.5. The molecule has 4 heteroatoms. The van der Waals surface area contributed by atoms with E-state index in [9.17, 15) is 0 Å². The van der Waals surface area contributed by atoms with Crippen molar-refractivity contribution in [2.45, 2.75) is 18.3 Å². The van der Waals surface area contributed by atoms with E-state index in [1.54, 1.807) is 0 Å². The number of rotatable bonds is 4. The lowest BCUT2D eigenvalue weighted by Gasteiger charge is -2.38. The number of piperidine rings is 1. The van der Waals surface area contributed by atoms with Crippen molar-refractivity contribution in [2.75, 3.05) is 19.6 Å². The largest absolute Gasteiger partial charge is 0.324 e. The predicted octanol–water partition coefficient (Wildman–Crippen LogP) is 4.20. The lowest BCUT2D eigenvalue weighted by molar-refractivity contribution is 0.201. The first-order chi connectivity index (χ1) is 12.7. The lowest BCUT2D eigenvalue weighted by atomic mass is 9.74. The minimum Gasteiger partial charge on any atom is -0.324 e. The summed E-state index contributed by atoms with van der Waals surface area (Å²) in [5, 5.41) is 0.778. The number of likely N-dealkylation sites (tertiary alicyclic amines) is 1. The standard InChI is InChI=1S/C22H24ClN3/c23-18-9-7-17(8-10-18)4-3-13-26-14-11-22(12-15-26)16-21(25-24)19-5-1-2-6-20(19)22/h1-10,16,25H,11-15,24H2. The number of allylic oxidation sites excluding steroid dienone is 1. The SMILES string of the molecule is NNC1=CC2(CCN(CC=Cc3ccc(Cl)cc3)CC2)c2ccccc21. The fourth-order valence-electron chi connectivity index (χ4n) is 4.16. The van der Waals surface area contributed by atoms with Gasteiger partial charge < -0.3 is 5.43 Å². The first-order valence-corrected chi connectivity index (χ1v) is 9.52. The molecule has 3 nitrogen and oxygen atoms in total. The number of hydrazine groups is 1. The van der Waals surface area contributed by atoms with E-state index in [1.807, 2.05) is 24.3 Å². The first kappa shape index (κ1) is 17.3. The zero-order chi connectivity index (χ0) is 18.0. The average molecular weight is 366 g/mol. The molecule has 0 saturated carbocycles. The van der Waals surface area contributed by atoms with Crippen LogP contribution in [0.25, 0.3) is 11.8 Å². The summed E-state index contributed by atoms with van der Waals surface area (Å²) >= 11 is 5.93. The maximum Gasteiger partial charge on any atom is 0.0529 e. The number of nitrogens with two attached hydrogens (primary N) is 1. The van der Waals surface area contributed by atoms with E-state index in [4.69, 9.17) is 17.4 Å². The van der Waals surface area contributed by atoms with Crippen molar-refractivity contribution >= 4 is 23.4 Å². The topological polar surface area (TPSA) is 41.3 Å². The van der Waals surface area contributed by atoms with E-state index in [2.05, 4.69) is 52.8 Å². The van der Waals surface area contributed by atoms with Gasteiger partial charge in [-0.05, 0) is 55.3 Å². The number of halogens is 1. The highest BCUT2D eigenvalue weighted by Crippen LogP contribution is 2.45. The van der Waals surface area contributed by atoms with Gasteiger partial charge in [0.1, 0.15) is 0 Å². The molecule has 0 bridgehead atoms. The summed E-state index contributed by atoms with van der Waals surface area (Å²) in [5.74, 6) is 5.75. The molecule has 1 heterocycles. The Bertz CT molecular complexity index is 831. The third-order valence-corrected chi connectivity index (χ3v) is 5.87. The molecule has 26 heavy (non-hydrogen) atoms. The van der Waals surface area contributed by atoms with Crippen LogP contribution in [0, 0.1) is 0 Å². The van der Waals surface area contributed by atoms with Crippen LogP contribution in [0.3, 0.4) is 0 Å². The molecule has 0 radical (unpaired) electrons. The van der Waals surface area contributed by atoms with Crippen molar-refractivity contribution in [3.05, 3.63) is 82.4 Å². The second-order valence-electron chi connectivity index (χ2n) is 7.16. The molecule has 2 aromatic carbocycles. The van der Waals surface area contributed by atoms with E-state index in [1.165, 1.54) is 16.7 Å². The molecule has 0 amide bonds. The van der Waals surface area contributed by atoms with E-state index >= 15 is 0 Å². The summed E-state index contributed by atoms with van der Waals surface area (Å²) in [6, 6.07) is 16.6. The Morgan fingerprint density at radius 2 is 1.81 bits per heavy atom. The fraction of sp³-hybridized carbons (Fsp3) is 0.273. The Morgan fingerprint density at radius 3 is 2.54 bits per heavy atom. The van der Waals surface area contributed by atoms with Gasteiger partial charge in [-0.3, -0.25) is 10.7 Å². The molecule has 1 aliphatic heterocycles. The van der Waals surface area contributed by atoms with Gasteiger partial charge >= 0.3 is 0 Å². The molecule has 0 atom stereocenters. The van der Waals surface area contributed by atoms with Crippen LogP contribution >= 0.6 is 11.6 Å². The van der Waals surface area contributed by atoms with Gasteiger partial charge in [-0.2, -0.15) is 0 Å². The Labute approximate surface area is 160 Å². The lowest BCUT2D eigenvalue weighted by Crippen LogP contribution is -2.41. The van der Waals surface area contributed by atoms with Crippen molar-refractivity contribution in [1.29, 1.82) is 0 Å². The summed E-state index contributed by atoms with van der Waals surface area (Å²) < 4.78 is 0. The third-order valence-electron chi connectivity index (χ3n) is 5.62. The van der Waals surface area contributed by atoms with Gasteiger partial charge in [-0.15, -0.1) is 0 Å². The molecule has 1 fully saturated rings. The predicted molar refractivity (Wildman–Crippen MR) is 110 cm³/mol. The molecule has 1 spiro atoms. The maximum atomic E-state index is 5.93. The van der Waals surface area contributed by atoms with Crippen LogP contribution in [0.5, 0.6) is 0 Å². The first-order valence-electron chi connectivity index (χ1n) is 9.14. The summed E-state index contributed by atoms with van der Waals surface area (Å²) in [4.78, 5) is 2.52. The summed E-state index contributed by atoms with van der Waals surface area (Å²) in [7, 11) is 0. The molecular weight excluding hydrogens is 342 g/mol. The minimum absolute atomic E-state index is 0.134. The van der Waals surface area contributed by atoms with Crippen LogP contribution in [-0.4, -0.2) is 24.5 Å². The Hall–Kier alpha value is -2.07. The zero-order valence-electron chi connectivity index (χ0n) is 14.8. The zero-order valence-corrected chi connectivity index (χ0v) is 15.5. The van der Waals surface area contributed by atoms with Crippen molar-refractivity contribution < 1.29 is 0 Å². The summed E-state index contributed by atoms with van der Waals surface area (Å²) in [6.45, 7) is 3.16. The average Bonchev–Trinajstić information content (AvgIpc) is 2.99. The Kier molecular flexibility index (Phi) is 4.86. The molecule has 2 aliphatic rings. The highest BCUT2D eigenvalue weighted by molar-refractivity contribution is 6.30. The van der Waals surface area contributed by atoms with Crippen LogP contribution < -0.4 is 11.3 Å². The third kappa shape index (κ3) is 3.30. The highest BCUT2D eigenvalue weighted by Gasteiger charge is 2.40. The number of benzene rings is 2. The van der Waals surface area contributed by atoms with Crippen LogP contribution in [0.4, 0.5) is 0 Å². The van der Waals surface area contributed by atoms with Crippen molar-refractivity contribution in [2.24, 2.45) is 5.84 Å². The number of nitrogens with zero attached hydrogens (tertiary/aromatic N) is 1. The maximum absolute atomic E-state index is 5.93. The van der Waals surface area contributed by atoms with Gasteiger partial charge in [0.15, 0.2) is 0 Å². The molecule has 0 unspecified atom stereocenters. The van der Waals surface area contributed by atoms with Crippen molar-refractivity contribution in [1.82, 2.24) is 10.3 Å². The van der Waals surface area contributed by atoms with Gasteiger partial charge in [-0.25, -0.2) is 0 Å². The molecule has 3 N–H and O–H groups in total. The van der Waals surface area contributed by atoms with E-state index in [-0.39, 0.29) is 5.41 Å². The van der Waals surface area contributed by atoms with Gasteiger partial charge in [0.25, 0.3) is 0 Å². The van der Waals surface area contributed by atoms with Gasteiger partial charge in [0, 0.05) is 22.5 Å². The number of fused-ring (bicyclic) bond motifs is 2. The molecule has 0 aromatic heterocycles. The second kappa shape index (κ2) is 7.28. The summed E-state index contributed by atoms with van der Waals surface area (Å²) in [5.41, 5.74) is 7.95. The quantitative estimate of drug-likeness (QED) is 0.630. The molecular formula is C22H24ClN3. The van der Waals surface area contributed by atoms with Gasteiger partial charge in [0.05, 0.1) is 5.70 Å². The minimum atomic E-state index is 0.134. The number of hydrogen-bond donors (Lipinski definition) is 2. The molecule has 1 saturated heterocycles. The Morgan fingerprint density at radius 1 is 1.08 bits per heavy atom. The number of nitrogens with one attached hydrogen (secondary N) is 1. The van der Waals surface area contributed by atoms with Crippen molar-refractivity contribution in [3.8, 4) is 0 Å². The van der Waals surface area contributed by atoms with Crippen molar-refractivity contribution in [3.63, 3.8) is 0 Å². The van der Waals surface area contributed by atoms with Crippen LogP contribution in [0.2, 0.25) is 5.02 Å². The molecule has 4 rings (SSSR count). The normalized spacial score (nSPS) is 18.9. The Balaban J connectivity index is 1.40. The second-order valence-corrected chi connectivity index (χ2v) is 7.60. The summed E-state index contributed by atoms with van der Waals surface area (Å²) in [6.07, 6.45) is 9.01. The van der Waals surface area contributed by atoms with Crippen LogP contribution in [-0.2, 0) is 5.41 Å². The van der Waals surface area contributed by atoms with Crippen LogP contribution in [0.1, 0.15) is 29.5 Å². The molecule has 2 aromatic rings. The van der Waals surface area contributed by atoms with E-state index in [0.29, 0.717) is 0 Å². The molecule has 1 aliphatic carbocycles.